The van der Waals surface area contributed by atoms with Crippen LogP contribution in [0.2, 0.25) is 0 Å². The van der Waals surface area contributed by atoms with Crippen molar-refractivity contribution >= 4 is 111 Å². The summed E-state index contributed by atoms with van der Waals surface area (Å²) in [5.74, 6) is -2.63. The number of carbonyl (C=O) groups excluding carboxylic acids is 4. The molecule has 1 heterocycles. The van der Waals surface area contributed by atoms with Crippen LogP contribution in [0.3, 0.4) is 0 Å². The van der Waals surface area contributed by atoms with E-state index in [0.29, 0.717) is 36.4 Å². The SMILES string of the molecule is CCOC(=O)Nc1cc(S(=O)(=O)[O-])cc2c1C(=O)/C(=N/Nc1ccc(-n3on3-c3ccc(N/N=C4\C(=O)c5c(cc(S(=O)(=O)[O-])cc5NC(=O)OCC)C=C4S(=O)(=O)[O-])c(OC)c3)cc1OC)C(S(=O)(=O)[O-])=C2.[Na+].[Na+].[Na+].[Na+]. The number of ketones is 2. The average Bonchev–Trinajstić information content (AvgIpc) is 4.10. The molecule has 1 aromatic heterocycles. The predicted molar refractivity (Wildman–Crippen MR) is 247 cm³/mol. The summed E-state index contributed by atoms with van der Waals surface area (Å²) < 4.78 is 172. The largest absolute Gasteiger partial charge is 1.00 e. The molecule has 0 saturated carbocycles. The van der Waals surface area contributed by atoms with Crippen LogP contribution in [0.5, 0.6) is 11.5 Å². The third-order valence-electron chi connectivity index (χ3n) is 10.0. The second-order valence-electron chi connectivity index (χ2n) is 14.6. The van der Waals surface area contributed by atoms with Crippen molar-refractivity contribution in [2.45, 2.75) is 23.6 Å². The van der Waals surface area contributed by atoms with Crippen molar-refractivity contribution < 1.29 is 213 Å². The van der Waals surface area contributed by atoms with Crippen LogP contribution >= 0.6 is 0 Å². The van der Waals surface area contributed by atoms with Crippen molar-refractivity contribution in [1.82, 2.24) is 9.71 Å². The molecule has 0 saturated heterocycles. The average molecular weight is 1180 g/mol. The topological polar surface area (TPSA) is 430 Å². The summed E-state index contributed by atoms with van der Waals surface area (Å²) in [6, 6.07) is 10.8. The summed E-state index contributed by atoms with van der Waals surface area (Å²) in [6.07, 6.45) is -1.16. The molecule has 4 N–H and O–H groups in total. The van der Waals surface area contributed by atoms with Crippen molar-refractivity contribution in [2.75, 3.05) is 48.9 Å². The molecule has 386 valence electrons. The first-order chi connectivity index (χ1) is 34.2. The number of nitrogens with zero attached hydrogens (tertiary/aromatic N) is 4. The fourth-order valence-corrected chi connectivity index (χ4v) is 9.26. The van der Waals surface area contributed by atoms with Gasteiger partial charge in [0.05, 0.1) is 80.9 Å². The molecule has 77 heavy (non-hydrogen) atoms. The fraction of sp³-hybridized carbons (Fsp3) is 0.150. The van der Waals surface area contributed by atoms with Gasteiger partial charge in [0.15, 0.2) is 0 Å². The van der Waals surface area contributed by atoms with Gasteiger partial charge in [-0.15, -0.1) is 0 Å². The molecule has 0 fully saturated rings. The molecule has 4 aromatic carbocycles. The third kappa shape index (κ3) is 15.2. The minimum absolute atomic E-state index is 0. The Morgan fingerprint density at radius 1 is 0.545 bits per heavy atom. The number of hydrazone groups is 2. The van der Waals surface area contributed by atoms with Crippen LogP contribution in [-0.4, -0.2) is 124 Å². The molecule has 2 aliphatic rings. The van der Waals surface area contributed by atoms with E-state index in [4.69, 9.17) is 23.6 Å². The number of anilines is 4. The van der Waals surface area contributed by atoms with E-state index >= 15 is 0 Å². The number of aromatic nitrogens is 2. The van der Waals surface area contributed by atoms with Gasteiger partial charge in [0.2, 0.25) is 11.6 Å². The number of fused-ring (bicyclic) bond motifs is 2. The number of allylic oxidation sites excluding steroid dienone is 2. The van der Waals surface area contributed by atoms with Gasteiger partial charge in [0.25, 0.3) is 0 Å². The molecular weight excluding hydrogens is 1150 g/mol. The molecule has 29 nitrogen and oxygen atoms in total. The molecular formula is C40H32N8Na4O21S4. The summed E-state index contributed by atoms with van der Waals surface area (Å²) in [7, 11) is -19.1. The zero-order chi connectivity index (χ0) is 53.5. The van der Waals surface area contributed by atoms with E-state index in [1.165, 1.54) is 74.2 Å². The van der Waals surface area contributed by atoms with Gasteiger partial charge in [0.1, 0.15) is 74.8 Å². The second kappa shape index (κ2) is 26.4. The van der Waals surface area contributed by atoms with Crippen molar-refractivity contribution in [3.8, 4) is 22.9 Å². The molecule has 7 rings (SSSR count). The van der Waals surface area contributed by atoms with E-state index in [1.807, 2.05) is 0 Å². The number of ether oxygens (including phenoxy) is 4. The van der Waals surface area contributed by atoms with E-state index < -0.39 is 129 Å². The Morgan fingerprint density at radius 2 is 0.896 bits per heavy atom. The molecule has 2 aliphatic carbocycles. The maximum Gasteiger partial charge on any atom is 1.00 e. The predicted octanol–water partition coefficient (Wildman–Crippen LogP) is -9.06. The van der Waals surface area contributed by atoms with Gasteiger partial charge >= 0.3 is 130 Å². The maximum absolute atomic E-state index is 13.9. The van der Waals surface area contributed by atoms with Crippen LogP contribution in [0.15, 0.2) is 95.1 Å². The van der Waals surface area contributed by atoms with Crippen LogP contribution in [0.1, 0.15) is 45.7 Å². The monoisotopic (exact) mass is 1180 g/mol. The normalized spacial score (nSPS) is 14.2. The number of methoxy groups -OCH3 is 2. The Balaban J connectivity index is 0.00000390. The fourth-order valence-electron chi connectivity index (χ4n) is 6.90. The zero-order valence-corrected chi connectivity index (χ0v) is 52.6. The molecule has 0 atom stereocenters. The molecule has 0 radical (unpaired) electrons. The zero-order valence-electron chi connectivity index (χ0n) is 41.3. The number of hydrogen-bond acceptors (Lipinski definition) is 25. The second-order valence-corrected chi connectivity index (χ2v) is 20.0. The molecule has 0 bridgehead atoms. The number of nitrogens with one attached hydrogen (secondary N) is 4. The number of rotatable bonds is 16. The third-order valence-corrected chi connectivity index (χ3v) is 13.4. The smallest absolute Gasteiger partial charge is 0.744 e. The Bertz CT molecular complexity index is 3550. The molecule has 0 aliphatic heterocycles. The Morgan fingerprint density at radius 3 is 1.19 bits per heavy atom. The first-order valence-corrected chi connectivity index (χ1v) is 25.7. The van der Waals surface area contributed by atoms with Crippen LogP contribution in [0.25, 0.3) is 23.5 Å². The Kier molecular flexibility index (Phi) is 23.0. The van der Waals surface area contributed by atoms with Crippen LogP contribution < -0.4 is 149 Å². The number of benzene rings is 4. The van der Waals surface area contributed by atoms with E-state index in [0.717, 1.165) is 0 Å². The number of Topliss-reactive ketones (excluding diaryl/α,β-unsaturated/α-hetero) is 2. The summed E-state index contributed by atoms with van der Waals surface area (Å²) >= 11 is 0. The first kappa shape index (κ1) is 67.1. The van der Waals surface area contributed by atoms with Crippen molar-refractivity contribution in [2.24, 2.45) is 10.2 Å². The van der Waals surface area contributed by atoms with Gasteiger partial charge in [0, 0.05) is 12.1 Å². The molecule has 5 aromatic rings. The van der Waals surface area contributed by atoms with Crippen molar-refractivity contribution in [3.63, 3.8) is 0 Å². The summed E-state index contributed by atoms with van der Waals surface area (Å²) in [5, 5.41) is 12.0. The molecule has 0 spiro atoms. The summed E-state index contributed by atoms with van der Waals surface area (Å²) in [4.78, 5) is 50.3. The van der Waals surface area contributed by atoms with Crippen molar-refractivity contribution in [1.29, 1.82) is 0 Å². The molecule has 0 unspecified atom stereocenters. The maximum atomic E-state index is 13.9. The first-order valence-electron chi connectivity index (χ1n) is 20.1. The van der Waals surface area contributed by atoms with Gasteiger partial charge in [-0.05, 0) is 85.7 Å². The molecule has 37 heteroatoms. The number of carbonyl (C=O) groups is 4. The van der Waals surface area contributed by atoms with E-state index in [2.05, 4.69) is 31.7 Å². The van der Waals surface area contributed by atoms with Crippen LogP contribution in [0.4, 0.5) is 32.3 Å². The summed E-state index contributed by atoms with van der Waals surface area (Å²) in [6.45, 7) is 2.54. The van der Waals surface area contributed by atoms with Gasteiger partial charge in [-0.2, -0.15) is 10.2 Å². The Hall–Kier alpha value is -4.18. The standard InChI is InChI=1S/C40H36N8O21S4.4Na/c1-5-67-39(51)41-27-17-23(70(53,54)55)11-19-13-31(72(59,60)61)35(37(49)33(19)27)45-43-25-9-7-21(15-29(25)65-3)47-48(69-47)22-8-10-26(30(16-22)66-4)44-46-36-32(73(62,63)64)14-20-12-24(71(56,57)58)18-28(34(20)38(36)50)42-40(52)68-6-2;;;;/h7-18,43-44H,5-6H2,1-4H3,(H,41,51)(H,42,52)(H,53,54,55)(H,56,57,58)(H,59,60,61)(H,62,63,64);;;;/q;4*+1/p-4/b45-35-,46-36+;;;;. The van der Waals surface area contributed by atoms with Crippen LogP contribution in [0, 0.1) is 0 Å². The van der Waals surface area contributed by atoms with Gasteiger partial charge in [-0.3, -0.25) is 31.1 Å². The molecule has 2 amide bonds. The minimum Gasteiger partial charge on any atom is -0.744 e. The number of hydrogen-bond donors (Lipinski definition) is 4. The van der Waals surface area contributed by atoms with Crippen molar-refractivity contribution in [3.05, 3.63) is 92.7 Å². The van der Waals surface area contributed by atoms with E-state index in [1.54, 1.807) is 0 Å². The van der Waals surface area contributed by atoms with Gasteiger partial charge in [-0.1, -0.05) is 9.71 Å². The Labute approximate surface area is 525 Å². The number of amides is 2. The quantitative estimate of drug-likeness (QED) is 0.0405. The van der Waals surface area contributed by atoms with Crippen LogP contribution in [-0.2, 0) is 49.9 Å². The minimum atomic E-state index is -5.54. The van der Waals surface area contributed by atoms with E-state index in [-0.39, 0.29) is 166 Å². The van der Waals surface area contributed by atoms with Gasteiger partial charge < -0.3 is 37.2 Å². The van der Waals surface area contributed by atoms with Gasteiger partial charge in [-0.25, -0.2) is 47.9 Å². The van der Waals surface area contributed by atoms with E-state index in [9.17, 15) is 71.1 Å². The summed E-state index contributed by atoms with van der Waals surface area (Å²) in [5.41, 5.74) is 0.0198.